The maximum absolute atomic E-state index is 12.7. The number of aromatic nitrogens is 1. The predicted molar refractivity (Wildman–Crippen MR) is 101 cm³/mol. The molecule has 1 amide bonds. The molecule has 0 atom stereocenters. The number of thiazole rings is 1. The summed E-state index contributed by atoms with van der Waals surface area (Å²) in [6.45, 7) is 2.30. The first-order valence-corrected chi connectivity index (χ1v) is 10.7. The molecular weight excluding hydrogens is 421 g/mol. The van der Waals surface area contributed by atoms with Crippen LogP contribution in [0.15, 0.2) is 27.2 Å². The van der Waals surface area contributed by atoms with Gasteiger partial charge in [-0.3, -0.25) is 9.59 Å². The number of piperazine rings is 1. The number of carbonyl (C=O) groups is 1. The molecule has 1 aromatic carbocycles. The van der Waals surface area contributed by atoms with Crippen molar-refractivity contribution in [3.05, 3.63) is 49.2 Å². The molecule has 0 unspecified atom stereocenters. The number of nitrogens with one attached hydrogen (secondary N) is 1. The Labute approximate surface area is 164 Å². The lowest BCUT2D eigenvalue weighted by molar-refractivity contribution is 0.0698. The molecule has 1 N–H and O–H groups in total. The average molecular weight is 436 g/mol. The summed E-state index contributed by atoms with van der Waals surface area (Å²) in [5.74, 6) is -0.272. The standard InChI is InChI=1S/C15H15Cl2N3O4S2/c1-9-14(25-15(22)18-9)26(23,24)20-6-4-19(5-7-20)13(21)11-3-2-10(16)8-12(11)17/h2-3,8H,4-7H2,1H3,(H,18,22). The van der Waals surface area contributed by atoms with Gasteiger partial charge >= 0.3 is 4.87 Å². The number of hydrogen-bond donors (Lipinski definition) is 1. The number of sulfonamides is 1. The smallest absolute Gasteiger partial charge is 0.305 e. The topological polar surface area (TPSA) is 90.5 Å². The zero-order valence-electron chi connectivity index (χ0n) is 13.7. The Hall–Kier alpha value is -1.39. The van der Waals surface area contributed by atoms with Gasteiger partial charge in [0.05, 0.1) is 10.6 Å². The lowest BCUT2D eigenvalue weighted by Gasteiger charge is -2.34. The van der Waals surface area contributed by atoms with Crippen LogP contribution >= 0.6 is 34.5 Å². The van der Waals surface area contributed by atoms with Gasteiger partial charge in [0.25, 0.3) is 15.9 Å². The Morgan fingerprint density at radius 3 is 2.38 bits per heavy atom. The molecule has 7 nitrogen and oxygen atoms in total. The zero-order valence-corrected chi connectivity index (χ0v) is 16.8. The van der Waals surface area contributed by atoms with Gasteiger partial charge in [-0.05, 0) is 25.1 Å². The SMILES string of the molecule is Cc1[nH]c(=O)sc1S(=O)(=O)N1CCN(C(=O)c2ccc(Cl)cc2Cl)CC1. The van der Waals surface area contributed by atoms with E-state index in [1.165, 1.54) is 10.4 Å². The van der Waals surface area contributed by atoms with E-state index in [9.17, 15) is 18.0 Å². The van der Waals surface area contributed by atoms with Gasteiger partial charge in [-0.25, -0.2) is 8.42 Å². The van der Waals surface area contributed by atoms with Gasteiger partial charge in [0.1, 0.15) is 0 Å². The Bertz CT molecular complexity index is 1010. The number of aromatic amines is 1. The molecule has 1 saturated heterocycles. The van der Waals surface area contributed by atoms with Crippen LogP contribution in [0.25, 0.3) is 0 Å². The van der Waals surface area contributed by atoms with Crippen molar-refractivity contribution in [2.24, 2.45) is 0 Å². The number of H-pyrrole nitrogens is 1. The van der Waals surface area contributed by atoms with E-state index in [0.29, 0.717) is 27.6 Å². The van der Waals surface area contributed by atoms with Gasteiger partial charge < -0.3 is 9.88 Å². The molecule has 1 aliphatic rings. The van der Waals surface area contributed by atoms with Crippen molar-refractivity contribution >= 4 is 50.5 Å². The lowest BCUT2D eigenvalue weighted by Crippen LogP contribution is -2.50. The molecule has 3 rings (SSSR count). The fourth-order valence-corrected chi connectivity index (χ4v) is 6.07. The highest BCUT2D eigenvalue weighted by molar-refractivity contribution is 7.91. The molecule has 2 aromatic rings. The second kappa shape index (κ2) is 7.32. The molecule has 0 aliphatic carbocycles. The summed E-state index contributed by atoms with van der Waals surface area (Å²) in [4.78, 5) is 27.6. The minimum atomic E-state index is -3.76. The minimum Gasteiger partial charge on any atom is -0.336 e. The zero-order chi connectivity index (χ0) is 19.1. The van der Waals surface area contributed by atoms with Crippen molar-refractivity contribution in [3.63, 3.8) is 0 Å². The molecule has 11 heteroatoms. The van der Waals surface area contributed by atoms with E-state index in [-0.39, 0.29) is 41.3 Å². The van der Waals surface area contributed by atoms with Crippen molar-refractivity contribution in [2.45, 2.75) is 11.1 Å². The molecule has 1 fully saturated rings. The molecule has 0 radical (unpaired) electrons. The van der Waals surface area contributed by atoms with Gasteiger partial charge in [-0.2, -0.15) is 4.31 Å². The number of rotatable bonds is 3. The Morgan fingerprint density at radius 2 is 1.85 bits per heavy atom. The van der Waals surface area contributed by atoms with Crippen LogP contribution in [0, 0.1) is 6.92 Å². The summed E-state index contributed by atoms with van der Waals surface area (Å²) in [5, 5.41) is 0.689. The first kappa shape index (κ1) is 19.4. The molecule has 1 aliphatic heterocycles. The largest absolute Gasteiger partial charge is 0.336 e. The number of amides is 1. The number of carbonyl (C=O) groups excluding carboxylic acids is 1. The summed E-state index contributed by atoms with van der Waals surface area (Å²) in [6.07, 6.45) is 0. The van der Waals surface area contributed by atoms with E-state index in [4.69, 9.17) is 23.2 Å². The maximum Gasteiger partial charge on any atom is 0.305 e. The van der Waals surface area contributed by atoms with E-state index in [1.54, 1.807) is 24.0 Å². The molecule has 1 aromatic heterocycles. The fourth-order valence-electron chi connectivity index (χ4n) is 2.72. The number of halogens is 2. The number of nitrogens with zero attached hydrogens (tertiary/aromatic N) is 2. The highest BCUT2D eigenvalue weighted by Gasteiger charge is 2.33. The van der Waals surface area contributed by atoms with Gasteiger partial charge in [0.15, 0.2) is 4.21 Å². The molecule has 26 heavy (non-hydrogen) atoms. The van der Waals surface area contributed by atoms with E-state index in [0.717, 1.165) is 0 Å². The molecule has 0 saturated carbocycles. The van der Waals surface area contributed by atoms with Crippen LogP contribution in [0.1, 0.15) is 16.1 Å². The van der Waals surface area contributed by atoms with Crippen molar-refractivity contribution in [2.75, 3.05) is 26.2 Å². The molecule has 2 heterocycles. The summed E-state index contributed by atoms with van der Waals surface area (Å²) < 4.78 is 26.7. The van der Waals surface area contributed by atoms with Crippen molar-refractivity contribution in [3.8, 4) is 0 Å². The van der Waals surface area contributed by atoms with Gasteiger partial charge in [0.2, 0.25) is 0 Å². The first-order valence-electron chi connectivity index (χ1n) is 7.64. The predicted octanol–water partition coefficient (Wildman–Crippen LogP) is 2.20. The summed E-state index contributed by atoms with van der Waals surface area (Å²) in [6, 6.07) is 4.63. The lowest BCUT2D eigenvalue weighted by atomic mass is 10.2. The Morgan fingerprint density at radius 1 is 1.19 bits per heavy atom. The van der Waals surface area contributed by atoms with E-state index < -0.39 is 14.9 Å². The van der Waals surface area contributed by atoms with Crippen LogP contribution in [-0.2, 0) is 10.0 Å². The first-order chi connectivity index (χ1) is 12.2. The minimum absolute atomic E-state index is 0.0167. The van der Waals surface area contributed by atoms with Crippen molar-refractivity contribution in [1.82, 2.24) is 14.2 Å². The molecule has 0 spiro atoms. The third kappa shape index (κ3) is 3.67. The van der Waals surface area contributed by atoms with Gasteiger partial charge in [-0.1, -0.05) is 34.5 Å². The second-order valence-electron chi connectivity index (χ2n) is 5.75. The van der Waals surface area contributed by atoms with Gasteiger partial charge in [-0.15, -0.1) is 0 Å². The summed E-state index contributed by atoms with van der Waals surface area (Å²) in [7, 11) is -3.76. The Balaban J connectivity index is 1.74. The highest BCUT2D eigenvalue weighted by atomic mass is 35.5. The summed E-state index contributed by atoms with van der Waals surface area (Å²) >= 11 is 12.6. The fraction of sp³-hybridized carbons (Fsp3) is 0.333. The number of benzene rings is 1. The third-order valence-electron chi connectivity index (χ3n) is 4.04. The van der Waals surface area contributed by atoms with Crippen LogP contribution in [-0.4, -0.2) is 54.7 Å². The van der Waals surface area contributed by atoms with Crippen LogP contribution in [0.2, 0.25) is 10.0 Å². The summed E-state index contributed by atoms with van der Waals surface area (Å²) in [5.41, 5.74) is 0.651. The van der Waals surface area contributed by atoms with E-state index in [2.05, 4.69) is 4.98 Å². The van der Waals surface area contributed by atoms with Crippen LogP contribution in [0.5, 0.6) is 0 Å². The molecule has 140 valence electrons. The Kier molecular flexibility index (Phi) is 5.45. The normalized spacial score (nSPS) is 16.0. The van der Waals surface area contributed by atoms with E-state index >= 15 is 0 Å². The van der Waals surface area contributed by atoms with Gasteiger partial charge in [0, 0.05) is 36.9 Å². The van der Waals surface area contributed by atoms with Crippen LogP contribution in [0.4, 0.5) is 0 Å². The highest BCUT2D eigenvalue weighted by Crippen LogP contribution is 2.25. The maximum atomic E-state index is 12.7. The third-order valence-corrected chi connectivity index (χ3v) is 8.07. The van der Waals surface area contributed by atoms with Crippen molar-refractivity contribution < 1.29 is 13.2 Å². The monoisotopic (exact) mass is 435 g/mol. The number of hydrogen-bond acceptors (Lipinski definition) is 5. The van der Waals surface area contributed by atoms with Crippen LogP contribution < -0.4 is 4.87 Å². The van der Waals surface area contributed by atoms with Crippen LogP contribution in [0.3, 0.4) is 0 Å². The quantitative estimate of drug-likeness (QED) is 0.799. The molecule has 0 bridgehead atoms. The van der Waals surface area contributed by atoms with Crippen molar-refractivity contribution in [1.29, 1.82) is 0 Å². The second-order valence-corrected chi connectivity index (χ2v) is 9.71. The average Bonchev–Trinajstić information content (AvgIpc) is 2.93. The number of aryl methyl sites for hydroxylation is 1. The molecular formula is C15H15Cl2N3O4S2. The van der Waals surface area contributed by atoms with E-state index in [1.807, 2.05) is 0 Å².